The largest absolute Gasteiger partial charge is 0.469 e. The van der Waals surface area contributed by atoms with Crippen molar-refractivity contribution in [2.24, 2.45) is 5.41 Å². The van der Waals surface area contributed by atoms with E-state index in [9.17, 15) is 4.79 Å². The third kappa shape index (κ3) is 2.15. The van der Waals surface area contributed by atoms with Crippen molar-refractivity contribution in [3.8, 4) is 12.3 Å². The fourth-order valence-corrected chi connectivity index (χ4v) is 1.94. The highest BCUT2D eigenvalue weighted by molar-refractivity contribution is 5.77. The van der Waals surface area contributed by atoms with Crippen molar-refractivity contribution in [3.05, 3.63) is 0 Å². The summed E-state index contributed by atoms with van der Waals surface area (Å²) in [6, 6.07) is 0. The van der Waals surface area contributed by atoms with Gasteiger partial charge in [-0.25, -0.2) is 0 Å². The molecule has 0 radical (unpaired) electrons. The maximum atomic E-state index is 11.6. The summed E-state index contributed by atoms with van der Waals surface area (Å²) in [5.74, 6) is 2.61. The number of terminal acetylenes is 1. The van der Waals surface area contributed by atoms with Gasteiger partial charge in [-0.3, -0.25) is 9.69 Å². The van der Waals surface area contributed by atoms with Crippen molar-refractivity contribution < 1.29 is 9.53 Å². The minimum Gasteiger partial charge on any atom is -0.469 e. The first-order chi connectivity index (χ1) is 6.85. The number of ether oxygens (including phenoxy) is 1. The van der Waals surface area contributed by atoms with Gasteiger partial charge in [0, 0.05) is 13.1 Å². The van der Waals surface area contributed by atoms with Gasteiger partial charge in [-0.2, -0.15) is 0 Å². The third-order valence-corrected chi connectivity index (χ3v) is 3.30. The lowest BCUT2D eigenvalue weighted by Gasteiger charge is -2.31. The van der Waals surface area contributed by atoms with Gasteiger partial charge in [-0.05, 0) is 27.2 Å². The Hall–Kier alpha value is -1.01. The SMILES string of the molecule is C#CC(C)(C)N1CCC(C)(C(=O)OC)C1. The van der Waals surface area contributed by atoms with Gasteiger partial charge in [0.1, 0.15) is 0 Å². The van der Waals surface area contributed by atoms with Gasteiger partial charge in [0.25, 0.3) is 0 Å². The highest BCUT2D eigenvalue weighted by atomic mass is 16.5. The van der Waals surface area contributed by atoms with E-state index >= 15 is 0 Å². The van der Waals surface area contributed by atoms with E-state index in [1.807, 2.05) is 20.8 Å². The molecule has 15 heavy (non-hydrogen) atoms. The summed E-state index contributed by atoms with van der Waals surface area (Å²) < 4.78 is 4.81. The molecule has 1 fully saturated rings. The average molecular weight is 209 g/mol. The fraction of sp³-hybridized carbons (Fsp3) is 0.750. The average Bonchev–Trinajstić information content (AvgIpc) is 2.61. The van der Waals surface area contributed by atoms with Crippen molar-refractivity contribution in [2.75, 3.05) is 20.2 Å². The molecule has 3 nitrogen and oxygen atoms in total. The van der Waals surface area contributed by atoms with Crippen molar-refractivity contribution in [1.29, 1.82) is 0 Å². The summed E-state index contributed by atoms with van der Waals surface area (Å²) in [6.45, 7) is 7.46. The van der Waals surface area contributed by atoms with Crippen LogP contribution in [-0.4, -0.2) is 36.6 Å². The van der Waals surface area contributed by atoms with Crippen LogP contribution in [0.25, 0.3) is 0 Å². The Bertz CT molecular complexity index is 303. The van der Waals surface area contributed by atoms with Crippen LogP contribution in [0.1, 0.15) is 27.2 Å². The lowest BCUT2D eigenvalue weighted by Crippen LogP contribution is -2.43. The molecule has 84 valence electrons. The monoisotopic (exact) mass is 209 g/mol. The normalized spacial score (nSPS) is 27.4. The lowest BCUT2D eigenvalue weighted by atomic mass is 9.90. The van der Waals surface area contributed by atoms with E-state index < -0.39 is 5.41 Å². The molecule has 3 heteroatoms. The molecular formula is C12H19NO2. The number of hydrogen-bond acceptors (Lipinski definition) is 3. The third-order valence-electron chi connectivity index (χ3n) is 3.30. The predicted octanol–water partition coefficient (Wildman–Crippen LogP) is 1.28. The van der Waals surface area contributed by atoms with Crippen LogP contribution in [-0.2, 0) is 9.53 Å². The molecule has 0 spiro atoms. The Morgan fingerprint density at radius 1 is 1.60 bits per heavy atom. The minimum absolute atomic E-state index is 0.141. The Morgan fingerprint density at radius 2 is 2.20 bits per heavy atom. The quantitative estimate of drug-likeness (QED) is 0.507. The summed E-state index contributed by atoms with van der Waals surface area (Å²) in [5.41, 5.74) is -0.686. The summed E-state index contributed by atoms with van der Waals surface area (Å²) in [6.07, 6.45) is 6.29. The lowest BCUT2D eigenvalue weighted by molar-refractivity contribution is -0.151. The Morgan fingerprint density at radius 3 is 2.67 bits per heavy atom. The molecule has 0 aromatic rings. The maximum Gasteiger partial charge on any atom is 0.312 e. The predicted molar refractivity (Wildman–Crippen MR) is 59.2 cm³/mol. The smallest absolute Gasteiger partial charge is 0.312 e. The van der Waals surface area contributed by atoms with Crippen molar-refractivity contribution in [2.45, 2.75) is 32.7 Å². The fourth-order valence-electron chi connectivity index (χ4n) is 1.94. The zero-order valence-electron chi connectivity index (χ0n) is 9.96. The van der Waals surface area contributed by atoms with E-state index in [0.717, 1.165) is 13.0 Å². The highest BCUT2D eigenvalue weighted by Crippen LogP contribution is 2.34. The van der Waals surface area contributed by atoms with E-state index in [2.05, 4.69) is 10.8 Å². The molecule has 0 N–H and O–H groups in total. The standard InChI is InChI=1S/C12H19NO2/c1-6-11(2,3)13-8-7-12(4,9-13)10(14)15-5/h1H,7-9H2,2-5H3. The van der Waals surface area contributed by atoms with Crippen molar-refractivity contribution in [1.82, 2.24) is 4.90 Å². The zero-order chi connectivity index (χ0) is 11.7. The number of rotatable bonds is 2. The van der Waals surface area contributed by atoms with E-state index in [-0.39, 0.29) is 11.5 Å². The number of nitrogens with zero attached hydrogens (tertiary/aromatic N) is 1. The molecule has 0 aromatic carbocycles. The van der Waals surface area contributed by atoms with Crippen LogP contribution in [0.2, 0.25) is 0 Å². The molecule has 1 rings (SSSR count). The number of carbonyl (C=O) groups excluding carboxylic acids is 1. The van der Waals surface area contributed by atoms with E-state index in [4.69, 9.17) is 11.2 Å². The van der Waals surface area contributed by atoms with Gasteiger partial charge >= 0.3 is 5.97 Å². The molecule has 1 unspecified atom stereocenters. The summed E-state index contributed by atoms with van der Waals surface area (Å²) in [5, 5.41) is 0. The van der Waals surface area contributed by atoms with Crippen LogP contribution in [0.5, 0.6) is 0 Å². The Kier molecular flexibility index (Phi) is 3.11. The van der Waals surface area contributed by atoms with Crippen LogP contribution >= 0.6 is 0 Å². The number of likely N-dealkylation sites (tertiary alicyclic amines) is 1. The van der Waals surface area contributed by atoms with E-state index in [0.29, 0.717) is 6.54 Å². The molecule has 1 heterocycles. The molecule has 1 atom stereocenters. The summed E-state index contributed by atoms with van der Waals surface area (Å²) in [7, 11) is 1.43. The van der Waals surface area contributed by atoms with Gasteiger partial charge in [-0.1, -0.05) is 5.92 Å². The summed E-state index contributed by atoms with van der Waals surface area (Å²) >= 11 is 0. The van der Waals surface area contributed by atoms with Gasteiger partial charge in [-0.15, -0.1) is 6.42 Å². The van der Waals surface area contributed by atoms with Gasteiger partial charge < -0.3 is 4.74 Å². The Balaban J connectivity index is 2.76. The first-order valence-corrected chi connectivity index (χ1v) is 5.17. The minimum atomic E-state index is -0.400. The molecule has 0 bridgehead atoms. The second kappa shape index (κ2) is 3.86. The molecule has 0 saturated carbocycles. The number of esters is 1. The van der Waals surface area contributed by atoms with Crippen molar-refractivity contribution in [3.63, 3.8) is 0 Å². The number of hydrogen-bond donors (Lipinski definition) is 0. The molecule has 1 aliphatic rings. The zero-order valence-corrected chi connectivity index (χ0v) is 9.96. The van der Waals surface area contributed by atoms with Crippen LogP contribution in [0.3, 0.4) is 0 Å². The maximum absolute atomic E-state index is 11.6. The summed E-state index contributed by atoms with van der Waals surface area (Å²) in [4.78, 5) is 13.8. The highest BCUT2D eigenvalue weighted by Gasteiger charge is 2.44. The number of methoxy groups -OCH3 is 1. The number of carbonyl (C=O) groups is 1. The van der Waals surface area contributed by atoms with Crippen LogP contribution in [0, 0.1) is 17.8 Å². The first kappa shape index (κ1) is 12.1. The molecule has 0 aromatic heterocycles. The molecule has 0 amide bonds. The second-order valence-electron chi connectivity index (χ2n) is 4.93. The van der Waals surface area contributed by atoms with Crippen LogP contribution in [0.4, 0.5) is 0 Å². The molecular weight excluding hydrogens is 190 g/mol. The van der Waals surface area contributed by atoms with Crippen LogP contribution in [0.15, 0.2) is 0 Å². The van der Waals surface area contributed by atoms with Crippen molar-refractivity contribution >= 4 is 5.97 Å². The molecule has 1 saturated heterocycles. The van der Waals surface area contributed by atoms with Crippen LogP contribution < -0.4 is 0 Å². The van der Waals surface area contributed by atoms with E-state index in [1.165, 1.54) is 7.11 Å². The van der Waals surface area contributed by atoms with Gasteiger partial charge in [0.2, 0.25) is 0 Å². The second-order valence-corrected chi connectivity index (χ2v) is 4.93. The Labute approximate surface area is 91.8 Å². The van der Waals surface area contributed by atoms with Gasteiger partial charge in [0.15, 0.2) is 0 Å². The first-order valence-electron chi connectivity index (χ1n) is 5.17. The molecule has 1 aliphatic heterocycles. The topological polar surface area (TPSA) is 29.5 Å². The molecule has 0 aliphatic carbocycles. The van der Waals surface area contributed by atoms with E-state index in [1.54, 1.807) is 0 Å². The van der Waals surface area contributed by atoms with Gasteiger partial charge in [0.05, 0.1) is 18.1 Å².